The van der Waals surface area contributed by atoms with Gasteiger partial charge in [-0.3, -0.25) is 9.69 Å². The average Bonchev–Trinajstić information content (AvgIpc) is 2.79. The van der Waals surface area contributed by atoms with Crippen LogP contribution >= 0.6 is 0 Å². The highest BCUT2D eigenvalue weighted by Gasteiger charge is 2.21. The van der Waals surface area contributed by atoms with E-state index >= 15 is 0 Å². The molecule has 6 nitrogen and oxygen atoms in total. The number of hydrogen-bond donors (Lipinski definition) is 2. The molecule has 0 unspecified atom stereocenters. The van der Waals surface area contributed by atoms with Gasteiger partial charge in [0.1, 0.15) is 5.82 Å². The highest BCUT2D eigenvalue weighted by molar-refractivity contribution is 5.78. The Kier molecular flexibility index (Phi) is 7.18. The zero-order valence-corrected chi connectivity index (χ0v) is 16.8. The summed E-state index contributed by atoms with van der Waals surface area (Å²) < 4.78 is 13.6. The number of carbonyl (C=O) groups excluding carboxylic acids is 2. The first-order chi connectivity index (χ1) is 12.6. The van der Waals surface area contributed by atoms with Crippen LogP contribution in [0.1, 0.15) is 38.3 Å². The van der Waals surface area contributed by atoms with Crippen LogP contribution in [-0.2, 0) is 11.3 Å². The highest BCUT2D eigenvalue weighted by Crippen LogP contribution is 2.10. The molecule has 150 valence electrons. The van der Waals surface area contributed by atoms with E-state index in [0.29, 0.717) is 38.3 Å². The molecule has 1 aromatic carbocycles. The van der Waals surface area contributed by atoms with Gasteiger partial charge in [-0.2, -0.15) is 0 Å². The monoisotopic (exact) mass is 378 g/mol. The molecule has 1 heterocycles. The number of halogens is 1. The van der Waals surface area contributed by atoms with Crippen molar-refractivity contribution in [1.29, 1.82) is 0 Å². The van der Waals surface area contributed by atoms with Gasteiger partial charge in [0, 0.05) is 38.3 Å². The van der Waals surface area contributed by atoms with Gasteiger partial charge in [0.25, 0.3) is 0 Å². The van der Waals surface area contributed by atoms with Gasteiger partial charge in [-0.05, 0) is 51.3 Å². The SMILES string of the molecule is Cc1ccc(CNC(=O)N2CCCN(CC(=O)NC(C)(C)C)CC2)cc1F. The number of urea groups is 1. The number of nitrogens with one attached hydrogen (secondary N) is 2. The van der Waals surface area contributed by atoms with Crippen molar-refractivity contribution in [2.75, 3.05) is 32.7 Å². The summed E-state index contributed by atoms with van der Waals surface area (Å²) in [5.74, 6) is -0.262. The van der Waals surface area contributed by atoms with Crippen molar-refractivity contribution in [3.05, 3.63) is 35.1 Å². The van der Waals surface area contributed by atoms with Crippen LogP contribution in [0.2, 0.25) is 0 Å². The van der Waals surface area contributed by atoms with Crippen molar-refractivity contribution in [2.45, 2.75) is 46.2 Å². The van der Waals surface area contributed by atoms with Crippen molar-refractivity contribution >= 4 is 11.9 Å². The maximum absolute atomic E-state index is 13.6. The molecule has 1 aliphatic heterocycles. The fourth-order valence-electron chi connectivity index (χ4n) is 3.03. The van der Waals surface area contributed by atoms with Crippen LogP contribution in [0.3, 0.4) is 0 Å². The third kappa shape index (κ3) is 7.17. The topological polar surface area (TPSA) is 64.7 Å². The first-order valence-electron chi connectivity index (χ1n) is 9.45. The zero-order chi connectivity index (χ0) is 20.0. The second kappa shape index (κ2) is 9.17. The summed E-state index contributed by atoms with van der Waals surface area (Å²) in [5, 5.41) is 5.82. The molecule has 0 bridgehead atoms. The van der Waals surface area contributed by atoms with Crippen LogP contribution in [0, 0.1) is 12.7 Å². The number of rotatable bonds is 4. The summed E-state index contributed by atoms with van der Waals surface area (Å²) in [5.41, 5.74) is 1.08. The molecule has 3 amide bonds. The molecule has 1 fully saturated rings. The molecule has 1 saturated heterocycles. The lowest BCUT2D eigenvalue weighted by molar-refractivity contribution is -0.123. The fraction of sp³-hybridized carbons (Fsp3) is 0.600. The molecule has 0 aliphatic carbocycles. The van der Waals surface area contributed by atoms with Crippen LogP contribution in [0.15, 0.2) is 18.2 Å². The minimum absolute atomic E-state index is 0.00167. The van der Waals surface area contributed by atoms with E-state index in [2.05, 4.69) is 15.5 Å². The summed E-state index contributed by atoms with van der Waals surface area (Å²) in [6.45, 7) is 10.9. The van der Waals surface area contributed by atoms with Gasteiger partial charge in [-0.1, -0.05) is 12.1 Å². The molecule has 1 aliphatic rings. The maximum atomic E-state index is 13.6. The lowest BCUT2D eigenvalue weighted by atomic mass is 10.1. The Morgan fingerprint density at radius 1 is 1.15 bits per heavy atom. The van der Waals surface area contributed by atoms with Gasteiger partial charge in [-0.15, -0.1) is 0 Å². The predicted octanol–water partition coefficient (Wildman–Crippen LogP) is 2.27. The smallest absolute Gasteiger partial charge is 0.317 e. The van der Waals surface area contributed by atoms with E-state index in [1.54, 1.807) is 17.9 Å². The van der Waals surface area contributed by atoms with E-state index in [9.17, 15) is 14.0 Å². The second-order valence-electron chi connectivity index (χ2n) is 8.16. The third-order valence-corrected chi connectivity index (χ3v) is 4.44. The average molecular weight is 378 g/mol. The third-order valence-electron chi connectivity index (χ3n) is 4.44. The van der Waals surface area contributed by atoms with E-state index in [1.165, 1.54) is 6.07 Å². The normalized spacial score (nSPS) is 16.0. The maximum Gasteiger partial charge on any atom is 0.317 e. The van der Waals surface area contributed by atoms with Crippen LogP contribution in [0.25, 0.3) is 0 Å². The van der Waals surface area contributed by atoms with Crippen LogP contribution in [0.4, 0.5) is 9.18 Å². The quantitative estimate of drug-likeness (QED) is 0.845. The van der Waals surface area contributed by atoms with Gasteiger partial charge in [0.15, 0.2) is 0 Å². The van der Waals surface area contributed by atoms with E-state index in [0.717, 1.165) is 18.5 Å². The molecular formula is C20H31FN4O2. The predicted molar refractivity (Wildman–Crippen MR) is 104 cm³/mol. The van der Waals surface area contributed by atoms with Crippen LogP contribution in [-0.4, -0.2) is 60.0 Å². The standard InChI is InChI=1S/C20H31FN4O2/c1-15-6-7-16(12-17(15)21)13-22-19(27)25-9-5-8-24(10-11-25)14-18(26)23-20(2,3)4/h6-7,12H,5,8-11,13-14H2,1-4H3,(H,22,27)(H,23,26). The molecule has 0 atom stereocenters. The Hall–Kier alpha value is -2.15. The molecule has 0 radical (unpaired) electrons. The lowest BCUT2D eigenvalue weighted by Crippen LogP contribution is -2.47. The number of aryl methyl sites for hydroxylation is 1. The minimum Gasteiger partial charge on any atom is -0.350 e. The number of amides is 3. The van der Waals surface area contributed by atoms with Gasteiger partial charge in [0.05, 0.1) is 6.54 Å². The first-order valence-corrected chi connectivity index (χ1v) is 9.45. The summed E-state index contributed by atoms with van der Waals surface area (Å²) in [4.78, 5) is 28.3. The van der Waals surface area contributed by atoms with E-state index in [-0.39, 0.29) is 23.3 Å². The van der Waals surface area contributed by atoms with Crippen molar-refractivity contribution in [3.8, 4) is 0 Å². The Bertz CT molecular complexity index is 672. The summed E-state index contributed by atoms with van der Waals surface area (Å²) >= 11 is 0. The van der Waals surface area contributed by atoms with E-state index in [1.807, 2.05) is 26.8 Å². The van der Waals surface area contributed by atoms with Crippen LogP contribution < -0.4 is 10.6 Å². The van der Waals surface area contributed by atoms with Crippen molar-refractivity contribution < 1.29 is 14.0 Å². The molecule has 7 heteroatoms. The van der Waals surface area contributed by atoms with Crippen molar-refractivity contribution in [3.63, 3.8) is 0 Å². The molecule has 1 aromatic rings. The van der Waals surface area contributed by atoms with E-state index in [4.69, 9.17) is 0 Å². The van der Waals surface area contributed by atoms with Crippen molar-refractivity contribution in [1.82, 2.24) is 20.4 Å². The minimum atomic E-state index is -0.263. The molecule has 27 heavy (non-hydrogen) atoms. The zero-order valence-electron chi connectivity index (χ0n) is 16.8. The van der Waals surface area contributed by atoms with Gasteiger partial charge in [0.2, 0.25) is 5.91 Å². The Morgan fingerprint density at radius 2 is 1.89 bits per heavy atom. The Balaban J connectivity index is 1.79. The summed E-state index contributed by atoms with van der Waals surface area (Å²) in [6.07, 6.45) is 0.815. The lowest BCUT2D eigenvalue weighted by Gasteiger charge is -2.25. The molecule has 0 spiro atoms. The largest absolute Gasteiger partial charge is 0.350 e. The van der Waals surface area contributed by atoms with Crippen LogP contribution in [0.5, 0.6) is 0 Å². The van der Waals surface area contributed by atoms with Gasteiger partial charge >= 0.3 is 6.03 Å². The molecular weight excluding hydrogens is 347 g/mol. The molecule has 2 rings (SSSR count). The first kappa shape index (κ1) is 21.2. The van der Waals surface area contributed by atoms with Gasteiger partial charge < -0.3 is 15.5 Å². The fourth-order valence-corrected chi connectivity index (χ4v) is 3.03. The molecule has 0 aromatic heterocycles. The highest BCUT2D eigenvalue weighted by atomic mass is 19.1. The number of nitrogens with zero attached hydrogens (tertiary/aromatic N) is 2. The summed E-state index contributed by atoms with van der Waals surface area (Å²) in [7, 11) is 0. The van der Waals surface area contributed by atoms with Gasteiger partial charge in [-0.25, -0.2) is 9.18 Å². The Labute approximate surface area is 161 Å². The molecule has 2 N–H and O–H groups in total. The summed E-state index contributed by atoms with van der Waals surface area (Å²) in [6, 6.07) is 4.82. The number of carbonyl (C=O) groups is 2. The Morgan fingerprint density at radius 3 is 2.56 bits per heavy atom. The second-order valence-corrected chi connectivity index (χ2v) is 8.16. The number of hydrogen-bond acceptors (Lipinski definition) is 3. The molecule has 0 saturated carbocycles. The van der Waals surface area contributed by atoms with E-state index < -0.39 is 0 Å². The van der Waals surface area contributed by atoms with Crippen molar-refractivity contribution in [2.24, 2.45) is 0 Å². The number of benzene rings is 1.